The number of carbonyl (C=O) groups is 6. The number of hydrogen-bond donors (Lipinski definition) is 9. The van der Waals surface area contributed by atoms with Crippen LogP contribution >= 0.6 is 0 Å². The molecule has 62 heavy (non-hydrogen) atoms. The van der Waals surface area contributed by atoms with Crippen LogP contribution in [0, 0.1) is 11.8 Å². The Bertz CT molecular complexity index is 1490. The Morgan fingerprint density at radius 3 is 1.45 bits per heavy atom. The topological polar surface area (TPSA) is 273 Å². The van der Waals surface area contributed by atoms with E-state index in [4.69, 9.17) is 17.2 Å². The monoisotopic (exact) mass is 872 g/mol. The average molecular weight is 872 g/mol. The number of benzene rings is 1. The number of carbonyl (C=O) groups excluding carboxylic acids is 6. The predicted octanol–water partition coefficient (Wildman–Crippen LogP) is 3.76. The van der Waals surface area contributed by atoms with Crippen molar-refractivity contribution in [1.82, 2.24) is 26.6 Å². The van der Waals surface area contributed by atoms with Crippen molar-refractivity contribution in [1.29, 1.82) is 0 Å². The molecule has 1 aromatic carbocycles. The van der Waals surface area contributed by atoms with Crippen LogP contribution in [0.15, 0.2) is 35.3 Å². The molecule has 0 bridgehead atoms. The van der Waals surface area contributed by atoms with Gasteiger partial charge in [-0.3, -0.25) is 33.8 Å². The molecule has 0 aromatic heterocycles. The van der Waals surface area contributed by atoms with Gasteiger partial charge in [0.1, 0.15) is 30.2 Å². The maximum absolute atomic E-state index is 14.0. The van der Waals surface area contributed by atoms with E-state index < -0.39 is 66.4 Å². The van der Waals surface area contributed by atoms with Gasteiger partial charge < -0.3 is 48.9 Å². The van der Waals surface area contributed by atoms with E-state index in [-0.39, 0.29) is 62.4 Å². The molecule has 0 spiro atoms. The van der Waals surface area contributed by atoms with Crippen LogP contribution in [0.1, 0.15) is 156 Å². The number of aliphatic imine (C=N–C) groups is 1. The summed E-state index contributed by atoms with van der Waals surface area (Å²) in [6, 6.07) is 3.28. The van der Waals surface area contributed by atoms with Crippen LogP contribution in [-0.2, 0) is 35.2 Å². The largest absolute Gasteiger partial charge is 0.394 e. The fourth-order valence-electron chi connectivity index (χ4n) is 7.11. The summed E-state index contributed by atoms with van der Waals surface area (Å²) >= 11 is 0. The summed E-state index contributed by atoms with van der Waals surface area (Å²) in [5.74, 6) is -4.01. The Kier molecular flexibility index (Phi) is 29.3. The van der Waals surface area contributed by atoms with Crippen molar-refractivity contribution in [2.75, 3.05) is 13.2 Å². The molecule has 0 radical (unpaired) electrons. The van der Waals surface area contributed by atoms with Crippen molar-refractivity contribution in [3.05, 3.63) is 35.9 Å². The van der Waals surface area contributed by atoms with Gasteiger partial charge in [-0.25, -0.2) is 0 Å². The highest BCUT2D eigenvalue weighted by atomic mass is 16.3. The van der Waals surface area contributed by atoms with Gasteiger partial charge in [-0.15, -0.1) is 0 Å². The molecule has 0 aliphatic carbocycles. The maximum Gasteiger partial charge on any atom is 0.245 e. The lowest BCUT2D eigenvalue weighted by Gasteiger charge is -2.28. The fourth-order valence-corrected chi connectivity index (χ4v) is 7.11. The summed E-state index contributed by atoms with van der Waals surface area (Å²) in [5.41, 5.74) is 17.0. The standard InChI is InChI=1S/C46H81N9O7/c1-6-7-8-9-10-11-12-13-14-15-16-17-21-26-40(57)51-39(31-56)45(62)55-38(30-34-23-19-18-20-24-34)44(61)54-37(29-33(4)5)43(60)53-36(28-32(2)3)42(59)52-35(41(47)58)25-22-27-50-46(48)49/h18-20,23-24,32-33,35-39,56H,6-17,21-22,25-31H2,1-5H3,(H2,47,58)(H,51,57)(H,52,59)(H,53,60)(H,54,61)(H,55,62)(H4,48,49,50)/t35-,36-,37-,38-,39-/m0/s1. The van der Waals surface area contributed by atoms with E-state index in [1.54, 1.807) is 24.3 Å². The molecule has 1 rings (SSSR count). The van der Waals surface area contributed by atoms with Crippen LogP contribution in [0.3, 0.4) is 0 Å². The number of aliphatic hydroxyl groups excluding tert-OH is 1. The number of aliphatic hydroxyl groups is 1. The third-order valence-corrected chi connectivity index (χ3v) is 10.5. The second-order valence-electron chi connectivity index (χ2n) is 17.3. The molecule has 6 amide bonds. The lowest BCUT2D eigenvalue weighted by Crippen LogP contribution is -2.60. The lowest BCUT2D eigenvalue weighted by atomic mass is 9.98. The van der Waals surface area contributed by atoms with E-state index in [2.05, 4.69) is 38.5 Å². The number of guanidine groups is 1. The quantitative estimate of drug-likeness (QED) is 0.0273. The first-order valence-electron chi connectivity index (χ1n) is 23.1. The summed E-state index contributed by atoms with van der Waals surface area (Å²) in [6.07, 6.45) is 16.5. The molecule has 0 heterocycles. The number of nitrogens with two attached hydrogens (primary N) is 3. The Morgan fingerprint density at radius 1 is 0.565 bits per heavy atom. The number of nitrogens with zero attached hydrogens (tertiary/aromatic N) is 1. The van der Waals surface area contributed by atoms with E-state index in [9.17, 15) is 33.9 Å². The molecule has 0 unspecified atom stereocenters. The number of amides is 6. The van der Waals surface area contributed by atoms with E-state index >= 15 is 0 Å². The van der Waals surface area contributed by atoms with Crippen molar-refractivity contribution in [3.63, 3.8) is 0 Å². The predicted molar refractivity (Wildman–Crippen MR) is 245 cm³/mol. The molecule has 5 atom stereocenters. The highest BCUT2D eigenvalue weighted by Gasteiger charge is 2.33. The van der Waals surface area contributed by atoms with Crippen LogP contribution in [0.4, 0.5) is 0 Å². The maximum atomic E-state index is 14.0. The second-order valence-corrected chi connectivity index (χ2v) is 17.3. The van der Waals surface area contributed by atoms with Crippen molar-refractivity contribution >= 4 is 41.4 Å². The minimum Gasteiger partial charge on any atom is -0.394 e. The van der Waals surface area contributed by atoms with Gasteiger partial charge in [0.25, 0.3) is 0 Å². The highest BCUT2D eigenvalue weighted by Crippen LogP contribution is 2.14. The van der Waals surface area contributed by atoms with E-state index in [1.165, 1.54) is 57.8 Å². The second kappa shape index (κ2) is 32.9. The molecule has 0 aliphatic heterocycles. The Hall–Kier alpha value is -4.73. The zero-order valence-corrected chi connectivity index (χ0v) is 38.4. The summed E-state index contributed by atoms with van der Waals surface area (Å²) in [7, 11) is 0. The van der Waals surface area contributed by atoms with E-state index in [0.29, 0.717) is 12.8 Å². The number of hydrogen-bond acceptors (Lipinski definition) is 8. The van der Waals surface area contributed by atoms with Gasteiger partial charge in [-0.1, -0.05) is 142 Å². The zero-order chi connectivity index (χ0) is 46.3. The van der Waals surface area contributed by atoms with Gasteiger partial charge in [0.05, 0.1) is 6.61 Å². The van der Waals surface area contributed by atoms with Gasteiger partial charge in [0.15, 0.2) is 5.96 Å². The van der Waals surface area contributed by atoms with Crippen LogP contribution < -0.4 is 43.8 Å². The molecular formula is C46H81N9O7. The molecule has 16 heteroatoms. The average Bonchev–Trinajstić information content (AvgIpc) is 3.21. The Balaban J connectivity index is 2.96. The number of primary amides is 1. The van der Waals surface area contributed by atoms with Gasteiger partial charge in [0, 0.05) is 19.4 Å². The molecule has 0 saturated heterocycles. The third kappa shape index (κ3) is 25.9. The number of unbranched alkanes of at least 4 members (excludes halogenated alkanes) is 12. The van der Waals surface area contributed by atoms with Crippen molar-refractivity contribution < 1.29 is 33.9 Å². The van der Waals surface area contributed by atoms with Crippen LogP contribution in [0.25, 0.3) is 0 Å². The van der Waals surface area contributed by atoms with Crippen molar-refractivity contribution in [3.8, 4) is 0 Å². The van der Waals surface area contributed by atoms with Crippen molar-refractivity contribution in [2.45, 2.75) is 187 Å². The number of rotatable bonds is 35. The lowest BCUT2D eigenvalue weighted by molar-refractivity contribution is -0.135. The molecule has 1 aromatic rings. The molecule has 16 nitrogen and oxygen atoms in total. The van der Waals surface area contributed by atoms with Gasteiger partial charge in [-0.05, 0) is 49.5 Å². The molecule has 0 fully saturated rings. The first-order chi connectivity index (χ1) is 29.6. The SMILES string of the molecule is CCCCCCCCCCCCCCCC(=O)N[C@@H](CO)C(=O)N[C@@H](Cc1ccccc1)C(=O)N[C@@H](CC(C)C)C(=O)N[C@@H](CC(C)C)C(=O)N[C@@H](CCCN=C(N)N)C(N)=O. The molecule has 0 saturated carbocycles. The summed E-state index contributed by atoms with van der Waals surface area (Å²) in [4.78, 5) is 83.9. The Labute approximate surface area is 370 Å². The van der Waals surface area contributed by atoms with Gasteiger partial charge in [-0.2, -0.15) is 0 Å². The minimum atomic E-state index is -1.30. The normalized spacial score (nSPS) is 13.6. The summed E-state index contributed by atoms with van der Waals surface area (Å²) in [6.45, 7) is 9.28. The van der Waals surface area contributed by atoms with E-state index in [0.717, 1.165) is 24.8 Å². The first-order valence-corrected chi connectivity index (χ1v) is 23.1. The first kappa shape index (κ1) is 55.3. The zero-order valence-electron chi connectivity index (χ0n) is 38.4. The smallest absolute Gasteiger partial charge is 0.245 e. The molecule has 0 aliphatic rings. The van der Waals surface area contributed by atoms with Crippen molar-refractivity contribution in [2.24, 2.45) is 34.0 Å². The third-order valence-electron chi connectivity index (χ3n) is 10.5. The van der Waals surface area contributed by atoms with Crippen LogP contribution in [0.5, 0.6) is 0 Å². The Morgan fingerprint density at radius 2 is 1.00 bits per heavy atom. The van der Waals surface area contributed by atoms with E-state index in [1.807, 2.05) is 33.8 Å². The highest BCUT2D eigenvalue weighted by molar-refractivity contribution is 5.96. The summed E-state index contributed by atoms with van der Waals surface area (Å²) in [5, 5.41) is 23.6. The number of nitrogens with one attached hydrogen (secondary N) is 5. The van der Waals surface area contributed by atoms with Crippen LogP contribution in [-0.4, -0.2) is 89.9 Å². The molecular weight excluding hydrogens is 791 g/mol. The molecule has 352 valence electrons. The van der Waals surface area contributed by atoms with Crippen LogP contribution in [0.2, 0.25) is 0 Å². The van der Waals surface area contributed by atoms with Gasteiger partial charge in [0.2, 0.25) is 35.4 Å². The van der Waals surface area contributed by atoms with Gasteiger partial charge >= 0.3 is 0 Å². The summed E-state index contributed by atoms with van der Waals surface area (Å²) < 4.78 is 0. The minimum absolute atomic E-state index is 0.0436. The molecule has 12 N–H and O–H groups in total. The fraction of sp³-hybridized carbons (Fsp3) is 0.717.